The largest absolute Gasteiger partial charge is 0.481 e. The maximum atomic E-state index is 11.8. The van der Waals surface area contributed by atoms with E-state index >= 15 is 0 Å². The number of nitrogens with zero attached hydrogens (tertiary/aromatic N) is 1. The maximum absolute atomic E-state index is 11.8. The molecule has 7 nitrogen and oxygen atoms in total. The van der Waals surface area contributed by atoms with Crippen molar-refractivity contribution >= 4 is 29.5 Å². The van der Waals surface area contributed by atoms with E-state index in [0.717, 1.165) is 0 Å². The topological polar surface area (TPSA) is 95.9 Å². The Labute approximate surface area is 128 Å². The van der Waals surface area contributed by atoms with Gasteiger partial charge in [-0.3, -0.25) is 14.4 Å². The van der Waals surface area contributed by atoms with Crippen molar-refractivity contribution in [2.24, 2.45) is 5.41 Å². The zero-order chi connectivity index (χ0) is 15.9. The molecule has 2 N–H and O–H groups in total. The number of hydrogen-bond acceptors (Lipinski definition) is 5. The SMILES string of the molecule is CC(C)(CNC(=O)CSCC(=O)N1CCOCC1)C(=O)O. The number of carbonyl (C=O) groups is 3. The van der Waals surface area contributed by atoms with Crippen molar-refractivity contribution in [3.05, 3.63) is 0 Å². The Bertz CT molecular complexity index is 394. The molecule has 2 amide bonds. The molecule has 0 spiro atoms. The Kier molecular flexibility index (Phi) is 6.97. The second-order valence-corrected chi connectivity index (χ2v) is 6.44. The van der Waals surface area contributed by atoms with Crippen molar-refractivity contribution in [3.63, 3.8) is 0 Å². The van der Waals surface area contributed by atoms with E-state index in [1.165, 1.54) is 11.8 Å². The average Bonchev–Trinajstić information content (AvgIpc) is 2.46. The lowest BCUT2D eigenvalue weighted by Gasteiger charge is -2.26. The molecule has 1 fully saturated rings. The fraction of sp³-hybridized carbons (Fsp3) is 0.769. The first-order valence-corrected chi connectivity index (χ1v) is 7.92. The summed E-state index contributed by atoms with van der Waals surface area (Å²) < 4.78 is 5.16. The van der Waals surface area contributed by atoms with E-state index in [2.05, 4.69) is 5.32 Å². The van der Waals surface area contributed by atoms with Gasteiger partial charge in [-0.05, 0) is 13.8 Å². The molecule has 0 aromatic heterocycles. The Hall–Kier alpha value is -1.28. The lowest BCUT2D eigenvalue weighted by molar-refractivity contribution is -0.146. The minimum Gasteiger partial charge on any atom is -0.481 e. The van der Waals surface area contributed by atoms with E-state index in [9.17, 15) is 14.4 Å². The summed E-state index contributed by atoms with van der Waals surface area (Å²) in [7, 11) is 0. The Morgan fingerprint density at radius 2 is 1.86 bits per heavy atom. The Morgan fingerprint density at radius 1 is 1.24 bits per heavy atom. The van der Waals surface area contributed by atoms with Crippen LogP contribution in [0.5, 0.6) is 0 Å². The van der Waals surface area contributed by atoms with Crippen LogP contribution in [-0.4, -0.2) is 72.1 Å². The Morgan fingerprint density at radius 3 is 2.43 bits per heavy atom. The molecule has 0 bridgehead atoms. The van der Waals surface area contributed by atoms with Gasteiger partial charge >= 0.3 is 5.97 Å². The molecule has 21 heavy (non-hydrogen) atoms. The van der Waals surface area contributed by atoms with Gasteiger partial charge in [0.05, 0.1) is 30.1 Å². The molecule has 0 aromatic carbocycles. The van der Waals surface area contributed by atoms with Gasteiger partial charge in [0.2, 0.25) is 11.8 Å². The van der Waals surface area contributed by atoms with Crippen LogP contribution in [0.4, 0.5) is 0 Å². The lowest BCUT2D eigenvalue weighted by Crippen LogP contribution is -2.42. The van der Waals surface area contributed by atoms with E-state index in [0.29, 0.717) is 26.3 Å². The number of morpholine rings is 1. The summed E-state index contributed by atoms with van der Waals surface area (Å²) in [5.74, 6) is -0.828. The second kappa shape index (κ2) is 8.23. The summed E-state index contributed by atoms with van der Waals surface area (Å²) in [5.41, 5.74) is -0.996. The molecular formula is C13H22N2O5S. The molecule has 8 heteroatoms. The molecule has 120 valence electrons. The van der Waals surface area contributed by atoms with E-state index in [-0.39, 0.29) is 29.9 Å². The van der Waals surface area contributed by atoms with Crippen LogP contribution in [-0.2, 0) is 19.1 Å². The minimum atomic E-state index is -0.996. The number of nitrogens with one attached hydrogen (secondary N) is 1. The normalized spacial score (nSPS) is 15.6. The van der Waals surface area contributed by atoms with Gasteiger partial charge in [-0.1, -0.05) is 0 Å². The first-order valence-electron chi connectivity index (χ1n) is 6.76. The molecular weight excluding hydrogens is 296 g/mol. The van der Waals surface area contributed by atoms with Crippen LogP contribution >= 0.6 is 11.8 Å². The van der Waals surface area contributed by atoms with Gasteiger partial charge in [-0.15, -0.1) is 11.8 Å². The van der Waals surface area contributed by atoms with Crippen molar-refractivity contribution in [3.8, 4) is 0 Å². The molecule has 1 aliphatic rings. The fourth-order valence-electron chi connectivity index (χ4n) is 1.58. The Balaban J connectivity index is 2.18. The van der Waals surface area contributed by atoms with E-state index in [1.807, 2.05) is 0 Å². The van der Waals surface area contributed by atoms with Gasteiger partial charge in [-0.25, -0.2) is 0 Å². The molecule has 1 heterocycles. The quantitative estimate of drug-likeness (QED) is 0.675. The summed E-state index contributed by atoms with van der Waals surface area (Å²) in [5, 5.41) is 11.5. The monoisotopic (exact) mass is 318 g/mol. The first kappa shape index (κ1) is 17.8. The second-order valence-electron chi connectivity index (χ2n) is 5.45. The number of thioether (sulfide) groups is 1. The highest BCUT2D eigenvalue weighted by atomic mass is 32.2. The smallest absolute Gasteiger partial charge is 0.310 e. The van der Waals surface area contributed by atoms with Gasteiger partial charge in [0, 0.05) is 19.6 Å². The van der Waals surface area contributed by atoms with Crippen LogP contribution in [0.3, 0.4) is 0 Å². The average molecular weight is 318 g/mol. The number of hydrogen-bond donors (Lipinski definition) is 2. The highest BCUT2D eigenvalue weighted by Gasteiger charge is 2.27. The third-order valence-electron chi connectivity index (χ3n) is 3.13. The summed E-state index contributed by atoms with van der Waals surface area (Å²) in [6, 6.07) is 0. The molecule has 0 saturated carbocycles. The fourth-order valence-corrected chi connectivity index (χ4v) is 2.33. The number of amides is 2. The number of carboxylic acids is 1. The van der Waals surface area contributed by atoms with Crippen LogP contribution in [0, 0.1) is 5.41 Å². The van der Waals surface area contributed by atoms with Gasteiger partial charge in [0.15, 0.2) is 0 Å². The zero-order valence-corrected chi connectivity index (χ0v) is 13.2. The highest BCUT2D eigenvalue weighted by molar-refractivity contribution is 8.00. The van der Waals surface area contributed by atoms with Gasteiger partial charge in [-0.2, -0.15) is 0 Å². The molecule has 0 unspecified atom stereocenters. The van der Waals surface area contributed by atoms with Crippen LogP contribution in [0.2, 0.25) is 0 Å². The third kappa shape index (κ3) is 6.34. The molecule has 1 saturated heterocycles. The number of carboxylic acid groups (broad SMARTS) is 1. The lowest BCUT2D eigenvalue weighted by atomic mass is 9.94. The van der Waals surface area contributed by atoms with Crippen LogP contribution in [0.1, 0.15) is 13.8 Å². The summed E-state index contributed by atoms with van der Waals surface area (Å²) in [4.78, 5) is 36.0. The standard InChI is InChI=1S/C13H22N2O5S/c1-13(2,12(18)19)9-14-10(16)7-21-8-11(17)15-3-5-20-6-4-15/h3-9H2,1-2H3,(H,14,16)(H,18,19). The summed E-state index contributed by atoms with van der Waals surface area (Å²) in [6.45, 7) is 5.47. The number of rotatable bonds is 7. The van der Waals surface area contributed by atoms with Crippen LogP contribution in [0.25, 0.3) is 0 Å². The van der Waals surface area contributed by atoms with Crippen molar-refractivity contribution in [1.29, 1.82) is 0 Å². The van der Waals surface area contributed by atoms with Gasteiger partial charge in [0.25, 0.3) is 0 Å². The van der Waals surface area contributed by atoms with Crippen LogP contribution < -0.4 is 5.32 Å². The molecule has 0 radical (unpaired) electrons. The predicted molar refractivity (Wildman–Crippen MR) is 79.2 cm³/mol. The number of ether oxygens (including phenoxy) is 1. The molecule has 0 aromatic rings. The van der Waals surface area contributed by atoms with E-state index < -0.39 is 11.4 Å². The van der Waals surface area contributed by atoms with Crippen molar-refractivity contribution in [2.75, 3.05) is 44.4 Å². The number of carbonyl (C=O) groups excluding carboxylic acids is 2. The first-order chi connectivity index (χ1) is 9.83. The van der Waals surface area contributed by atoms with Crippen molar-refractivity contribution in [1.82, 2.24) is 10.2 Å². The van der Waals surface area contributed by atoms with Crippen LogP contribution in [0.15, 0.2) is 0 Å². The number of aliphatic carboxylic acids is 1. The van der Waals surface area contributed by atoms with E-state index in [4.69, 9.17) is 9.84 Å². The molecule has 0 aliphatic carbocycles. The zero-order valence-electron chi connectivity index (χ0n) is 12.4. The highest BCUT2D eigenvalue weighted by Crippen LogP contribution is 2.13. The van der Waals surface area contributed by atoms with Crippen molar-refractivity contribution < 1.29 is 24.2 Å². The predicted octanol–water partition coefficient (Wildman–Crippen LogP) is -0.195. The minimum absolute atomic E-state index is 0.00182. The summed E-state index contributed by atoms with van der Waals surface area (Å²) in [6.07, 6.45) is 0. The molecule has 0 atom stereocenters. The van der Waals surface area contributed by atoms with Crippen molar-refractivity contribution in [2.45, 2.75) is 13.8 Å². The molecule has 1 rings (SSSR count). The van der Waals surface area contributed by atoms with E-state index in [1.54, 1.807) is 18.7 Å². The molecule has 1 aliphatic heterocycles. The third-order valence-corrected chi connectivity index (χ3v) is 4.05. The maximum Gasteiger partial charge on any atom is 0.310 e. The van der Waals surface area contributed by atoms with Gasteiger partial charge in [0.1, 0.15) is 0 Å². The van der Waals surface area contributed by atoms with Gasteiger partial charge < -0.3 is 20.1 Å². The summed E-state index contributed by atoms with van der Waals surface area (Å²) >= 11 is 1.23.